The SMILES string of the molecule is O=C(CCn1ccc2ccc(Cl)cc21)NC[C@@H]1CCCN2CCCC[C@H]12. The molecule has 1 amide bonds. The average Bonchev–Trinajstić information content (AvgIpc) is 3.06. The molecule has 2 saturated heterocycles. The molecule has 2 aliphatic heterocycles. The van der Waals surface area contributed by atoms with Crippen LogP contribution in [0.2, 0.25) is 5.02 Å². The Morgan fingerprint density at radius 3 is 2.96 bits per heavy atom. The van der Waals surface area contributed by atoms with E-state index < -0.39 is 0 Å². The zero-order chi connectivity index (χ0) is 17.9. The topological polar surface area (TPSA) is 37.3 Å². The molecule has 2 fully saturated rings. The van der Waals surface area contributed by atoms with E-state index in [4.69, 9.17) is 11.6 Å². The molecular weight excluding hydrogens is 346 g/mol. The number of piperidine rings is 2. The summed E-state index contributed by atoms with van der Waals surface area (Å²) in [4.78, 5) is 15.0. The molecule has 0 saturated carbocycles. The van der Waals surface area contributed by atoms with Crippen molar-refractivity contribution in [3.63, 3.8) is 0 Å². The maximum Gasteiger partial charge on any atom is 0.221 e. The Bertz CT molecular complexity index is 770. The van der Waals surface area contributed by atoms with Crippen LogP contribution in [0.25, 0.3) is 10.9 Å². The maximum absolute atomic E-state index is 12.4. The lowest BCUT2D eigenvalue weighted by Gasteiger charge is -2.44. The van der Waals surface area contributed by atoms with Crippen LogP contribution >= 0.6 is 11.6 Å². The van der Waals surface area contributed by atoms with E-state index in [-0.39, 0.29) is 5.91 Å². The molecule has 5 heteroatoms. The number of aryl methyl sites for hydroxylation is 1. The minimum Gasteiger partial charge on any atom is -0.356 e. The summed E-state index contributed by atoms with van der Waals surface area (Å²) in [6.07, 6.45) is 9.05. The Kier molecular flexibility index (Phi) is 5.51. The molecule has 2 atom stereocenters. The zero-order valence-corrected chi connectivity index (χ0v) is 16.0. The molecule has 26 heavy (non-hydrogen) atoms. The Hall–Kier alpha value is -1.52. The summed E-state index contributed by atoms with van der Waals surface area (Å²) in [5.41, 5.74) is 1.09. The maximum atomic E-state index is 12.4. The van der Waals surface area contributed by atoms with Crippen molar-refractivity contribution in [2.75, 3.05) is 19.6 Å². The first-order valence-corrected chi connectivity index (χ1v) is 10.3. The molecule has 0 unspecified atom stereocenters. The van der Waals surface area contributed by atoms with E-state index in [0.717, 1.165) is 22.5 Å². The number of hydrogen-bond acceptors (Lipinski definition) is 2. The summed E-state index contributed by atoms with van der Waals surface area (Å²) in [5.74, 6) is 0.779. The van der Waals surface area contributed by atoms with Crippen LogP contribution < -0.4 is 5.32 Å². The zero-order valence-electron chi connectivity index (χ0n) is 15.3. The summed E-state index contributed by atoms with van der Waals surface area (Å²) < 4.78 is 2.12. The lowest BCUT2D eigenvalue weighted by molar-refractivity contribution is -0.121. The first kappa shape index (κ1) is 17.9. The van der Waals surface area contributed by atoms with E-state index in [1.807, 2.05) is 24.4 Å². The van der Waals surface area contributed by atoms with Crippen molar-refractivity contribution in [3.8, 4) is 0 Å². The van der Waals surface area contributed by atoms with Crippen LogP contribution in [0.5, 0.6) is 0 Å². The van der Waals surface area contributed by atoms with Crippen LogP contribution in [-0.4, -0.2) is 41.1 Å². The fourth-order valence-corrected chi connectivity index (χ4v) is 4.89. The Morgan fingerprint density at radius 1 is 1.15 bits per heavy atom. The van der Waals surface area contributed by atoms with Crippen molar-refractivity contribution in [2.45, 2.75) is 51.1 Å². The molecule has 1 N–H and O–H groups in total. The van der Waals surface area contributed by atoms with Crippen LogP contribution in [0.3, 0.4) is 0 Å². The molecule has 1 aromatic carbocycles. The quantitative estimate of drug-likeness (QED) is 0.857. The monoisotopic (exact) mass is 373 g/mol. The summed E-state index contributed by atoms with van der Waals surface area (Å²) in [6.45, 7) is 4.02. The van der Waals surface area contributed by atoms with Gasteiger partial charge in [0.05, 0.1) is 0 Å². The highest BCUT2D eigenvalue weighted by molar-refractivity contribution is 6.31. The predicted molar refractivity (Wildman–Crippen MR) is 107 cm³/mol. The van der Waals surface area contributed by atoms with Crippen LogP contribution in [0.1, 0.15) is 38.5 Å². The molecule has 0 aliphatic carbocycles. The third-order valence-electron chi connectivity index (χ3n) is 6.11. The number of carbonyl (C=O) groups is 1. The lowest BCUT2D eigenvalue weighted by atomic mass is 9.83. The molecule has 2 aliphatic rings. The van der Waals surface area contributed by atoms with Gasteiger partial charge in [0, 0.05) is 42.3 Å². The van der Waals surface area contributed by atoms with E-state index >= 15 is 0 Å². The van der Waals surface area contributed by atoms with Gasteiger partial charge >= 0.3 is 0 Å². The fourth-order valence-electron chi connectivity index (χ4n) is 4.72. The molecule has 0 radical (unpaired) electrons. The molecule has 0 bridgehead atoms. The largest absolute Gasteiger partial charge is 0.356 e. The van der Waals surface area contributed by atoms with Crippen molar-refractivity contribution in [2.24, 2.45) is 5.92 Å². The number of nitrogens with one attached hydrogen (secondary N) is 1. The highest BCUT2D eigenvalue weighted by Gasteiger charge is 2.32. The second kappa shape index (κ2) is 8.01. The van der Waals surface area contributed by atoms with Gasteiger partial charge in [-0.2, -0.15) is 0 Å². The van der Waals surface area contributed by atoms with Gasteiger partial charge in [0.15, 0.2) is 0 Å². The van der Waals surface area contributed by atoms with Gasteiger partial charge in [-0.1, -0.05) is 24.1 Å². The summed E-state index contributed by atoms with van der Waals surface area (Å²) in [6, 6.07) is 8.65. The van der Waals surface area contributed by atoms with Gasteiger partial charge in [-0.15, -0.1) is 0 Å². The molecule has 4 rings (SSSR count). The third kappa shape index (κ3) is 3.91. The Balaban J connectivity index is 1.29. The van der Waals surface area contributed by atoms with Crippen molar-refractivity contribution >= 4 is 28.4 Å². The van der Waals surface area contributed by atoms with Crippen LogP contribution in [0, 0.1) is 5.92 Å². The molecular formula is C21H28ClN3O. The highest BCUT2D eigenvalue weighted by Crippen LogP contribution is 2.30. The Labute approximate surface area is 160 Å². The van der Waals surface area contributed by atoms with Crippen LogP contribution in [0.4, 0.5) is 0 Å². The smallest absolute Gasteiger partial charge is 0.221 e. The number of fused-ring (bicyclic) bond motifs is 2. The lowest BCUT2D eigenvalue weighted by Crippen LogP contribution is -2.51. The van der Waals surface area contributed by atoms with E-state index in [1.54, 1.807) is 0 Å². The van der Waals surface area contributed by atoms with Gasteiger partial charge in [-0.25, -0.2) is 0 Å². The molecule has 3 heterocycles. The van der Waals surface area contributed by atoms with Gasteiger partial charge in [-0.3, -0.25) is 4.79 Å². The van der Waals surface area contributed by atoms with Gasteiger partial charge in [0.2, 0.25) is 5.91 Å². The van der Waals surface area contributed by atoms with Crippen molar-refractivity contribution in [1.82, 2.24) is 14.8 Å². The number of amides is 1. The summed E-state index contributed by atoms with van der Waals surface area (Å²) in [5, 5.41) is 5.10. The Morgan fingerprint density at radius 2 is 2.04 bits per heavy atom. The van der Waals surface area contributed by atoms with Gasteiger partial charge in [0.1, 0.15) is 0 Å². The number of halogens is 1. The fraction of sp³-hybridized carbons (Fsp3) is 0.571. The van der Waals surface area contributed by atoms with E-state index in [1.165, 1.54) is 45.2 Å². The standard InChI is InChI=1S/C21H28ClN3O/c22-18-7-6-16-8-12-25(20(16)14-18)13-9-21(26)23-15-17-4-3-11-24-10-2-1-5-19(17)24/h6-8,12,14,17,19H,1-5,9-11,13,15H2,(H,23,26)/t17-,19+/m0/s1. The van der Waals surface area contributed by atoms with Gasteiger partial charge < -0.3 is 14.8 Å². The van der Waals surface area contributed by atoms with E-state index in [9.17, 15) is 4.79 Å². The number of aromatic nitrogens is 1. The first-order chi connectivity index (χ1) is 12.7. The molecule has 2 aromatic rings. The molecule has 4 nitrogen and oxygen atoms in total. The number of rotatable bonds is 5. The highest BCUT2D eigenvalue weighted by atomic mass is 35.5. The number of nitrogens with zero attached hydrogens (tertiary/aromatic N) is 2. The predicted octanol–water partition coefficient (Wildman–Crippen LogP) is 4.07. The minimum absolute atomic E-state index is 0.154. The van der Waals surface area contributed by atoms with Gasteiger partial charge in [0.25, 0.3) is 0 Å². The van der Waals surface area contributed by atoms with E-state index in [0.29, 0.717) is 24.9 Å². The van der Waals surface area contributed by atoms with Crippen molar-refractivity contribution in [1.29, 1.82) is 0 Å². The number of hydrogen-bond donors (Lipinski definition) is 1. The molecule has 0 spiro atoms. The van der Waals surface area contributed by atoms with Gasteiger partial charge in [-0.05, 0) is 68.3 Å². The molecule has 140 valence electrons. The number of carbonyl (C=O) groups excluding carboxylic acids is 1. The van der Waals surface area contributed by atoms with Crippen molar-refractivity contribution in [3.05, 3.63) is 35.5 Å². The average molecular weight is 374 g/mol. The summed E-state index contributed by atoms with van der Waals surface area (Å²) >= 11 is 6.11. The minimum atomic E-state index is 0.154. The van der Waals surface area contributed by atoms with E-state index in [2.05, 4.69) is 20.9 Å². The number of benzene rings is 1. The first-order valence-electron chi connectivity index (χ1n) is 9.96. The second-order valence-electron chi connectivity index (χ2n) is 7.77. The third-order valence-corrected chi connectivity index (χ3v) is 6.34. The second-order valence-corrected chi connectivity index (χ2v) is 8.20. The molecule has 1 aromatic heterocycles. The van der Waals surface area contributed by atoms with Crippen LogP contribution in [-0.2, 0) is 11.3 Å². The summed E-state index contributed by atoms with van der Waals surface area (Å²) in [7, 11) is 0. The van der Waals surface area contributed by atoms with Crippen LogP contribution in [0.15, 0.2) is 30.5 Å². The normalized spacial score (nSPS) is 23.7. The van der Waals surface area contributed by atoms with Crippen molar-refractivity contribution < 1.29 is 4.79 Å².